The number of ether oxygens (including phenoxy) is 3. The van der Waals surface area contributed by atoms with E-state index in [1.54, 1.807) is 0 Å². The lowest BCUT2D eigenvalue weighted by Crippen LogP contribution is -2.36. The van der Waals surface area contributed by atoms with Gasteiger partial charge in [-0.05, 0) is 30.7 Å². The van der Waals surface area contributed by atoms with E-state index in [9.17, 15) is 43.5 Å². The SMILES string of the molecule is CCC(C)CCCCCCCCCCC(=O)OC[C@H](COP(=O)(O)OP(=O)(O)OC[C@H]1O[C@@H](n2ccc(N)nc2=O)C(O)[C@H]1O)OC(=O)CCCCCCCCC(C)C. The van der Waals surface area contributed by atoms with Crippen LogP contribution in [0.3, 0.4) is 0 Å². The number of phosphoric ester groups is 2. The molecule has 0 saturated carbocycles. The molecule has 59 heavy (non-hydrogen) atoms. The van der Waals surface area contributed by atoms with Gasteiger partial charge in [0.1, 0.15) is 30.7 Å². The molecule has 18 nitrogen and oxygen atoms in total. The molecule has 1 aliphatic heterocycles. The van der Waals surface area contributed by atoms with Crippen LogP contribution in [0, 0.1) is 11.8 Å². The molecule has 2 rings (SSSR count). The monoisotopic (exact) mass is 883 g/mol. The van der Waals surface area contributed by atoms with Gasteiger partial charge in [0.15, 0.2) is 12.3 Å². The average molecular weight is 884 g/mol. The number of nitrogens with zero attached hydrogens (tertiary/aromatic N) is 2. The summed E-state index contributed by atoms with van der Waals surface area (Å²) in [6.07, 6.45) is 11.3. The fourth-order valence-electron chi connectivity index (χ4n) is 6.41. The second-order valence-corrected chi connectivity index (χ2v) is 19.0. The van der Waals surface area contributed by atoms with Crippen LogP contribution >= 0.6 is 15.6 Å². The van der Waals surface area contributed by atoms with Gasteiger partial charge < -0.3 is 39.9 Å². The first-order valence-corrected chi connectivity index (χ1v) is 24.3. The molecule has 1 aromatic rings. The van der Waals surface area contributed by atoms with Crippen LogP contribution in [0.2, 0.25) is 0 Å². The molecule has 1 aromatic heterocycles. The predicted molar refractivity (Wildman–Crippen MR) is 220 cm³/mol. The highest BCUT2D eigenvalue weighted by molar-refractivity contribution is 7.61. The minimum absolute atomic E-state index is 0.0510. The Labute approximate surface area is 349 Å². The summed E-state index contributed by atoms with van der Waals surface area (Å²) in [5.41, 5.74) is 4.57. The number of rotatable bonds is 33. The normalized spacial score (nSPS) is 21.2. The van der Waals surface area contributed by atoms with Crippen molar-refractivity contribution in [2.45, 2.75) is 180 Å². The first kappa shape index (κ1) is 52.9. The van der Waals surface area contributed by atoms with E-state index in [2.05, 4.69) is 37.0 Å². The molecule has 1 aliphatic rings. The third kappa shape index (κ3) is 23.0. The Morgan fingerprint density at radius 1 is 0.814 bits per heavy atom. The third-order valence-corrected chi connectivity index (χ3v) is 12.8. The fraction of sp³-hybridized carbons (Fsp3) is 0.846. The second kappa shape index (κ2) is 28.4. The zero-order chi connectivity index (χ0) is 43.8. The molecule has 1 saturated heterocycles. The molecular formula is C39H71N3O15P2. The Balaban J connectivity index is 1.86. The molecule has 0 aliphatic carbocycles. The molecule has 0 amide bonds. The molecule has 1 fully saturated rings. The number of phosphoric acid groups is 2. The van der Waals surface area contributed by atoms with Gasteiger partial charge in [-0.2, -0.15) is 9.29 Å². The highest BCUT2D eigenvalue weighted by atomic mass is 31.3. The largest absolute Gasteiger partial charge is 0.481 e. The number of unbranched alkanes of at least 4 members (excludes halogenated alkanes) is 12. The molecule has 20 heteroatoms. The number of anilines is 1. The first-order valence-electron chi connectivity index (χ1n) is 21.3. The van der Waals surface area contributed by atoms with Crippen molar-refractivity contribution in [3.05, 3.63) is 22.7 Å². The van der Waals surface area contributed by atoms with E-state index in [0.717, 1.165) is 74.5 Å². The Bertz CT molecular complexity index is 1520. The number of carbonyl (C=O) groups excluding carboxylic acids is 2. The van der Waals surface area contributed by atoms with Crippen LogP contribution in [0.4, 0.5) is 5.82 Å². The molecule has 342 valence electrons. The van der Waals surface area contributed by atoms with Crippen LogP contribution in [-0.2, 0) is 46.3 Å². The fourth-order valence-corrected chi connectivity index (χ4v) is 8.52. The lowest BCUT2D eigenvalue weighted by molar-refractivity contribution is -0.161. The highest BCUT2D eigenvalue weighted by Crippen LogP contribution is 2.60. The van der Waals surface area contributed by atoms with Gasteiger partial charge in [-0.3, -0.25) is 23.2 Å². The summed E-state index contributed by atoms with van der Waals surface area (Å²) in [5, 5.41) is 20.8. The summed E-state index contributed by atoms with van der Waals surface area (Å²) in [5.74, 6) is 0.139. The van der Waals surface area contributed by atoms with E-state index in [1.807, 2.05) is 0 Å². The molecule has 6 N–H and O–H groups in total. The van der Waals surface area contributed by atoms with Crippen LogP contribution in [0.1, 0.15) is 156 Å². The summed E-state index contributed by atoms with van der Waals surface area (Å²) in [6.45, 7) is 6.59. The van der Waals surface area contributed by atoms with E-state index in [1.165, 1.54) is 44.6 Å². The molecule has 8 atom stereocenters. The maximum atomic E-state index is 12.7. The number of aliphatic hydroxyl groups is 2. The number of aromatic nitrogens is 2. The summed E-state index contributed by atoms with van der Waals surface area (Å²) >= 11 is 0. The van der Waals surface area contributed by atoms with Gasteiger partial charge in [0.2, 0.25) is 0 Å². The Morgan fingerprint density at radius 3 is 1.93 bits per heavy atom. The lowest BCUT2D eigenvalue weighted by atomic mass is 9.99. The number of esters is 2. The smallest absolute Gasteiger partial charge is 0.462 e. The van der Waals surface area contributed by atoms with Crippen molar-refractivity contribution in [3.63, 3.8) is 0 Å². The number of nitrogen functional groups attached to an aromatic ring is 1. The first-order chi connectivity index (χ1) is 27.9. The van der Waals surface area contributed by atoms with Gasteiger partial charge in [0.05, 0.1) is 13.2 Å². The van der Waals surface area contributed by atoms with E-state index >= 15 is 0 Å². The number of hydrogen-bond acceptors (Lipinski definition) is 15. The molecule has 0 spiro atoms. The number of aliphatic hydroxyl groups excluding tert-OH is 2. The van der Waals surface area contributed by atoms with E-state index in [0.29, 0.717) is 18.8 Å². The molecular weight excluding hydrogens is 812 g/mol. The molecule has 2 heterocycles. The van der Waals surface area contributed by atoms with Crippen LogP contribution in [0.5, 0.6) is 0 Å². The zero-order valence-electron chi connectivity index (χ0n) is 35.4. The topological polar surface area (TPSA) is 265 Å². The van der Waals surface area contributed by atoms with Gasteiger partial charge in [0, 0.05) is 19.0 Å². The quantitative estimate of drug-likeness (QED) is 0.0274. The van der Waals surface area contributed by atoms with Crippen molar-refractivity contribution in [1.29, 1.82) is 0 Å². The minimum Gasteiger partial charge on any atom is -0.462 e. The number of nitrogens with two attached hydrogens (primary N) is 1. The third-order valence-electron chi connectivity index (χ3n) is 10.2. The van der Waals surface area contributed by atoms with Gasteiger partial charge >= 0.3 is 33.3 Å². The van der Waals surface area contributed by atoms with Crippen molar-refractivity contribution < 1.29 is 66.3 Å². The molecule has 0 radical (unpaired) electrons. The van der Waals surface area contributed by atoms with Crippen LogP contribution < -0.4 is 11.4 Å². The summed E-state index contributed by atoms with van der Waals surface area (Å²) in [6, 6.07) is 1.25. The van der Waals surface area contributed by atoms with E-state index in [4.69, 9.17) is 29.0 Å². The van der Waals surface area contributed by atoms with Crippen molar-refractivity contribution in [3.8, 4) is 0 Å². The Hall–Kier alpha value is -2.24. The second-order valence-electron chi connectivity index (χ2n) is 15.9. The summed E-state index contributed by atoms with van der Waals surface area (Å²) < 4.78 is 56.4. The van der Waals surface area contributed by atoms with Crippen molar-refractivity contribution >= 4 is 33.4 Å². The number of carbonyl (C=O) groups is 2. The van der Waals surface area contributed by atoms with Crippen molar-refractivity contribution in [1.82, 2.24) is 9.55 Å². The zero-order valence-corrected chi connectivity index (χ0v) is 37.2. The highest BCUT2D eigenvalue weighted by Gasteiger charge is 2.46. The van der Waals surface area contributed by atoms with E-state index in [-0.39, 0.29) is 18.7 Å². The van der Waals surface area contributed by atoms with Gasteiger partial charge in [0.25, 0.3) is 0 Å². The van der Waals surface area contributed by atoms with E-state index < -0.39 is 83.7 Å². The maximum absolute atomic E-state index is 12.7. The van der Waals surface area contributed by atoms with Crippen LogP contribution in [0.25, 0.3) is 0 Å². The van der Waals surface area contributed by atoms with Gasteiger partial charge in [-0.15, -0.1) is 0 Å². The summed E-state index contributed by atoms with van der Waals surface area (Å²) in [4.78, 5) is 61.4. The van der Waals surface area contributed by atoms with Crippen LogP contribution in [0.15, 0.2) is 17.1 Å². The maximum Gasteiger partial charge on any atom is 0.481 e. The Morgan fingerprint density at radius 2 is 1.36 bits per heavy atom. The molecule has 0 aromatic carbocycles. The Kier molecular flexibility index (Phi) is 25.4. The van der Waals surface area contributed by atoms with Gasteiger partial charge in [-0.1, -0.05) is 124 Å². The lowest BCUT2D eigenvalue weighted by Gasteiger charge is -2.21. The van der Waals surface area contributed by atoms with Crippen LogP contribution in [-0.4, -0.2) is 85.7 Å². The van der Waals surface area contributed by atoms with Crippen molar-refractivity contribution in [2.24, 2.45) is 11.8 Å². The molecule has 0 bridgehead atoms. The standard InChI is InChI=1S/C39H71N3O15P2/c1-5-30(4)21-17-13-8-6-7-9-14-18-22-34(43)52-26-31(55-35(44)23-19-15-11-10-12-16-20-29(2)3)27-53-58(48,49)57-59(50,51)54-28-32-36(45)37(46)38(56-32)42-25-24-33(40)41-39(42)47/h24-25,29-32,36-38,45-46H,5-23,26-28H2,1-4H3,(H,48,49)(H,50,51)(H2,40,41,47)/t30?,31-,32-,36+,37?,38-/m1/s1. The average Bonchev–Trinajstić information content (AvgIpc) is 3.44. The minimum atomic E-state index is -5.41. The predicted octanol–water partition coefficient (Wildman–Crippen LogP) is 6.87. The molecule has 4 unspecified atom stereocenters. The summed E-state index contributed by atoms with van der Waals surface area (Å²) in [7, 11) is -10.8. The van der Waals surface area contributed by atoms with Crippen molar-refractivity contribution in [2.75, 3.05) is 25.6 Å². The number of hydrogen-bond donors (Lipinski definition) is 5. The van der Waals surface area contributed by atoms with Gasteiger partial charge in [-0.25, -0.2) is 13.9 Å².